The lowest BCUT2D eigenvalue weighted by Crippen LogP contribution is -2.15. The standard InChI is InChI=1S/C16H19ClO3/c17-14-7-4-8-15(13(14)9-10-16(18)19)20-11-12-5-2-1-3-6-12/h4,7-10,12H,1-3,5-6,11H2,(H,18,19)/b10-9+. The molecule has 0 atom stereocenters. The second-order valence-corrected chi connectivity index (χ2v) is 5.55. The highest BCUT2D eigenvalue weighted by atomic mass is 35.5. The number of hydrogen-bond acceptors (Lipinski definition) is 2. The number of rotatable bonds is 5. The first kappa shape index (κ1) is 14.9. The minimum atomic E-state index is -0.997. The van der Waals surface area contributed by atoms with E-state index in [1.165, 1.54) is 38.2 Å². The van der Waals surface area contributed by atoms with Gasteiger partial charge in [0.05, 0.1) is 11.6 Å². The average Bonchev–Trinajstić information content (AvgIpc) is 2.45. The number of halogens is 1. The van der Waals surface area contributed by atoms with E-state index in [1.807, 2.05) is 12.1 Å². The smallest absolute Gasteiger partial charge is 0.328 e. The fourth-order valence-corrected chi connectivity index (χ4v) is 2.75. The highest BCUT2D eigenvalue weighted by Crippen LogP contribution is 2.30. The van der Waals surface area contributed by atoms with Gasteiger partial charge in [-0.3, -0.25) is 0 Å². The van der Waals surface area contributed by atoms with Crippen molar-refractivity contribution in [1.29, 1.82) is 0 Å². The predicted molar refractivity (Wildman–Crippen MR) is 80.2 cm³/mol. The van der Waals surface area contributed by atoms with Gasteiger partial charge < -0.3 is 9.84 Å². The molecule has 0 bridgehead atoms. The maximum atomic E-state index is 10.6. The molecule has 0 heterocycles. The molecule has 108 valence electrons. The summed E-state index contributed by atoms with van der Waals surface area (Å²) in [6.45, 7) is 0.675. The topological polar surface area (TPSA) is 46.5 Å². The summed E-state index contributed by atoms with van der Waals surface area (Å²) < 4.78 is 5.86. The number of carboxylic acid groups (broad SMARTS) is 1. The van der Waals surface area contributed by atoms with Crippen LogP contribution < -0.4 is 4.74 Å². The summed E-state index contributed by atoms with van der Waals surface area (Å²) in [5, 5.41) is 9.22. The minimum absolute atomic E-state index is 0.503. The maximum absolute atomic E-state index is 10.6. The van der Waals surface area contributed by atoms with Gasteiger partial charge in [-0.15, -0.1) is 0 Å². The molecule has 20 heavy (non-hydrogen) atoms. The molecule has 0 saturated heterocycles. The molecule has 0 radical (unpaired) electrons. The Morgan fingerprint density at radius 3 is 2.80 bits per heavy atom. The summed E-state index contributed by atoms with van der Waals surface area (Å²) in [6, 6.07) is 5.38. The van der Waals surface area contributed by atoms with E-state index in [1.54, 1.807) is 6.07 Å². The monoisotopic (exact) mass is 294 g/mol. The molecule has 0 spiro atoms. The van der Waals surface area contributed by atoms with E-state index in [-0.39, 0.29) is 0 Å². The normalized spacial score (nSPS) is 16.4. The largest absolute Gasteiger partial charge is 0.493 e. The third kappa shape index (κ3) is 4.27. The van der Waals surface area contributed by atoms with E-state index in [2.05, 4.69) is 0 Å². The Morgan fingerprint density at radius 2 is 2.10 bits per heavy atom. The van der Waals surface area contributed by atoms with Crippen LogP contribution in [0.25, 0.3) is 6.08 Å². The van der Waals surface area contributed by atoms with Crippen molar-refractivity contribution in [3.8, 4) is 5.75 Å². The highest BCUT2D eigenvalue weighted by Gasteiger charge is 2.15. The molecule has 1 N–H and O–H groups in total. The van der Waals surface area contributed by atoms with E-state index in [0.717, 1.165) is 6.08 Å². The first-order valence-corrected chi connectivity index (χ1v) is 7.37. The Hall–Kier alpha value is -1.48. The SMILES string of the molecule is O=C(O)/C=C/c1c(Cl)cccc1OCC1CCCCC1. The van der Waals surface area contributed by atoms with E-state index < -0.39 is 5.97 Å². The number of ether oxygens (including phenoxy) is 1. The van der Waals surface area contributed by atoms with Gasteiger partial charge in [-0.25, -0.2) is 4.79 Å². The number of carbonyl (C=O) groups is 1. The van der Waals surface area contributed by atoms with Crippen LogP contribution in [0.2, 0.25) is 5.02 Å². The predicted octanol–water partition coefficient (Wildman–Crippen LogP) is 4.40. The Morgan fingerprint density at radius 1 is 1.35 bits per heavy atom. The van der Waals surface area contributed by atoms with Crippen molar-refractivity contribution in [2.24, 2.45) is 5.92 Å². The molecule has 1 aliphatic rings. The van der Waals surface area contributed by atoms with E-state index in [0.29, 0.717) is 28.9 Å². The van der Waals surface area contributed by atoms with Crippen molar-refractivity contribution in [2.75, 3.05) is 6.61 Å². The summed E-state index contributed by atoms with van der Waals surface area (Å²) >= 11 is 6.11. The van der Waals surface area contributed by atoms with E-state index in [9.17, 15) is 4.79 Å². The van der Waals surface area contributed by atoms with Crippen LogP contribution in [0, 0.1) is 5.92 Å². The lowest BCUT2D eigenvalue weighted by atomic mass is 9.90. The first-order valence-electron chi connectivity index (χ1n) is 6.99. The zero-order chi connectivity index (χ0) is 14.4. The van der Waals surface area contributed by atoms with Gasteiger partial charge in [0.1, 0.15) is 5.75 Å². The van der Waals surface area contributed by atoms with Gasteiger partial charge in [-0.2, -0.15) is 0 Å². The van der Waals surface area contributed by atoms with Gasteiger partial charge in [0.25, 0.3) is 0 Å². The fraction of sp³-hybridized carbons (Fsp3) is 0.438. The molecule has 0 amide bonds. The van der Waals surface area contributed by atoms with Gasteiger partial charge in [0.15, 0.2) is 0 Å². The Balaban J connectivity index is 2.06. The Kier molecular flexibility index (Phi) is 5.48. The van der Waals surface area contributed by atoms with Gasteiger partial charge in [-0.05, 0) is 37.0 Å². The molecule has 1 saturated carbocycles. The molecule has 1 fully saturated rings. The van der Waals surface area contributed by atoms with Crippen LogP contribution in [0.15, 0.2) is 24.3 Å². The molecule has 0 aliphatic heterocycles. The Bertz CT molecular complexity index is 490. The van der Waals surface area contributed by atoms with E-state index in [4.69, 9.17) is 21.4 Å². The quantitative estimate of drug-likeness (QED) is 0.819. The zero-order valence-electron chi connectivity index (χ0n) is 11.3. The molecule has 1 aromatic carbocycles. The molecular weight excluding hydrogens is 276 g/mol. The number of aliphatic carboxylic acids is 1. The van der Waals surface area contributed by atoms with Gasteiger partial charge in [0.2, 0.25) is 0 Å². The minimum Gasteiger partial charge on any atom is -0.493 e. The highest BCUT2D eigenvalue weighted by molar-refractivity contribution is 6.32. The molecular formula is C16H19ClO3. The van der Waals surface area contributed by atoms with Crippen LogP contribution in [0.1, 0.15) is 37.7 Å². The summed E-state index contributed by atoms with van der Waals surface area (Å²) in [5.74, 6) is 0.253. The van der Waals surface area contributed by atoms with Gasteiger partial charge in [0, 0.05) is 11.6 Å². The van der Waals surface area contributed by atoms with Crippen LogP contribution in [0.4, 0.5) is 0 Å². The number of carboxylic acids is 1. The molecule has 0 aromatic heterocycles. The summed E-state index contributed by atoms with van der Waals surface area (Å²) in [4.78, 5) is 10.6. The van der Waals surface area contributed by atoms with Crippen LogP contribution in [0.5, 0.6) is 5.75 Å². The van der Waals surface area contributed by atoms with Crippen molar-refractivity contribution in [2.45, 2.75) is 32.1 Å². The first-order chi connectivity index (χ1) is 9.66. The van der Waals surface area contributed by atoms with Crippen LogP contribution in [-0.4, -0.2) is 17.7 Å². The van der Waals surface area contributed by atoms with Crippen molar-refractivity contribution < 1.29 is 14.6 Å². The third-order valence-electron chi connectivity index (χ3n) is 3.60. The zero-order valence-corrected chi connectivity index (χ0v) is 12.1. The fourth-order valence-electron chi connectivity index (χ4n) is 2.52. The molecule has 1 aliphatic carbocycles. The molecule has 4 heteroatoms. The summed E-state index contributed by atoms with van der Waals surface area (Å²) in [5.41, 5.74) is 0.632. The van der Waals surface area contributed by atoms with Crippen LogP contribution >= 0.6 is 11.6 Å². The molecule has 2 rings (SSSR count). The van der Waals surface area contributed by atoms with Crippen molar-refractivity contribution >= 4 is 23.6 Å². The summed E-state index contributed by atoms with van der Waals surface area (Å²) in [6.07, 6.45) is 8.85. The second kappa shape index (κ2) is 7.34. The van der Waals surface area contributed by atoms with Crippen molar-refractivity contribution in [3.05, 3.63) is 34.9 Å². The Labute approximate surface area is 124 Å². The lowest BCUT2D eigenvalue weighted by molar-refractivity contribution is -0.131. The van der Waals surface area contributed by atoms with Crippen LogP contribution in [0.3, 0.4) is 0 Å². The maximum Gasteiger partial charge on any atom is 0.328 e. The van der Waals surface area contributed by atoms with Gasteiger partial charge in [-0.1, -0.05) is 36.9 Å². The second-order valence-electron chi connectivity index (χ2n) is 5.14. The van der Waals surface area contributed by atoms with Crippen molar-refractivity contribution in [1.82, 2.24) is 0 Å². The van der Waals surface area contributed by atoms with Gasteiger partial charge >= 0.3 is 5.97 Å². The number of benzene rings is 1. The average molecular weight is 295 g/mol. The van der Waals surface area contributed by atoms with Crippen molar-refractivity contribution in [3.63, 3.8) is 0 Å². The van der Waals surface area contributed by atoms with E-state index >= 15 is 0 Å². The molecule has 0 unspecified atom stereocenters. The third-order valence-corrected chi connectivity index (χ3v) is 3.93. The molecule has 1 aromatic rings. The summed E-state index contributed by atoms with van der Waals surface area (Å²) in [7, 11) is 0. The lowest BCUT2D eigenvalue weighted by Gasteiger charge is -2.22. The number of hydrogen-bond donors (Lipinski definition) is 1. The van der Waals surface area contributed by atoms with Crippen LogP contribution in [-0.2, 0) is 4.79 Å². The molecule has 3 nitrogen and oxygen atoms in total.